The molecular formula is C52H48Br2FN4O3+. The molecule has 0 aliphatic carbocycles. The number of carbonyl (C=O) groups is 2. The molecule has 1 saturated heterocycles. The second-order valence-corrected chi connectivity index (χ2v) is 16.2. The Balaban J connectivity index is 0.000000184. The molecule has 1 aliphatic heterocycles. The van der Waals surface area contributed by atoms with Crippen LogP contribution in [-0.2, 0) is 30.7 Å². The summed E-state index contributed by atoms with van der Waals surface area (Å²) in [5.41, 5.74) is 7.79. The molecule has 2 N–H and O–H groups in total. The quantitative estimate of drug-likeness (QED) is 0.0945. The van der Waals surface area contributed by atoms with Crippen LogP contribution in [0, 0.1) is 5.82 Å². The topological polar surface area (TPSA) is 78.5 Å². The molecule has 1 atom stereocenters. The second kappa shape index (κ2) is 21.2. The third-order valence-electron chi connectivity index (χ3n) is 11.0. The number of nitrogens with one attached hydrogen (secondary N) is 2. The highest BCUT2D eigenvalue weighted by atomic mass is 79.9. The molecule has 0 unspecified atom stereocenters. The number of hydrogen-bond acceptors (Lipinski definition) is 4. The van der Waals surface area contributed by atoms with Crippen molar-refractivity contribution in [3.05, 3.63) is 203 Å². The predicted octanol–water partition coefficient (Wildman–Crippen LogP) is 11.5. The highest BCUT2D eigenvalue weighted by molar-refractivity contribution is 9.10. The highest BCUT2D eigenvalue weighted by Gasteiger charge is 2.25. The molecule has 6 aromatic carbocycles. The highest BCUT2D eigenvalue weighted by Crippen LogP contribution is 2.25. The Kier molecular flexibility index (Phi) is 15.1. The Labute approximate surface area is 380 Å². The number of hydrogen-bond donors (Lipinski definition) is 2. The number of carbonyl (C=O) groups excluding carboxylic acids is 2. The molecule has 7 nitrogen and oxygen atoms in total. The summed E-state index contributed by atoms with van der Waals surface area (Å²) in [5, 5.41) is 9.16. The van der Waals surface area contributed by atoms with Gasteiger partial charge in [0, 0.05) is 71.1 Å². The molecule has 0 radical (unpaired) electrons. The third kappa shape index (κ3) is 11.5. The van der Waals surface area contributed by atoms with E-state index in [0.29, 0.717) is 12.0 Å². The molecule has 8 aromatic rings. The summed E-state index contributed by atoms with van der Waals surface area (Å²) < 4.78 is 21.9. The third-order valence-corrected chi connectivity index (χ3v) is 11.7. The van der Waals surface area contributed by atoms with Crippen molar-refractivity contribution >= 4 is 72.2 Å². The standard InChI is InChI=1S/C28H25FN2O.C24H21BrN2O2.BrH/c29-24-13-12-22-16-20(10-11-23(22)17-24)18-31-15-14-25(19-31)30-28(32)27-9-5-4-8-26(27)21-6-2-1-3-7-21;25-23-17-20(11-14-27(23)13-5-8-18-6-2-1-3-7-18)26-24(28)16-19-9-4-10-22-21(19)12-15-29-22;/h1-13,16-17,25H,14-15,18-19H2,(H,30,32);1-4,6-7,9-12,14-15,17H,5,8,13,16H2;1H/p+1/t25-;;/m1../s1. The number of pyridine rings is 1. The molecule has 9 rings (SSSR count). The number of anilines is 1. The number of aromatic nitrogens is 1. The number of halogens is 3. The van der Waals surface area contributed by atoms with Crippen molar-refractivity contribution in [2.24, 2.45) is 0 Å². The molecule has 3 heterocycles. The average Bonchev–Trinajstić information content (AvgIpc) is 3.95. The van der Waals surface area contributed by atoms with Crippen LogP contribution in [0.25, 0.3) is 32.9 Å². The van der Waals surface area contributed by atoms with E-state index in [1.807, 2.05) is 115 Å². The van der Waals surface area contributed by atoms with Crippen molar-refractivity contribution in [1.29, 1.82) is 0 Å². The van der Waals surface area contributed by atoms with Gasteiger partial charge in [0.15, 0.2) is 6.20 Å². The van der Waals surface area contributed by atoms with Gasteiger partial charge >= 0.3 is 0 Å². The molecule has 0 bridgehead atoms. The number of fused-ring (bicyclic) bond motifs is 2. The number of benzene rings is 6. The maximum absolute atomic E-state index is 13.4. The van der Waals surface area contributed by atoms with Gasteiger partial charge in [-0.25, -0.2) is 4.39 Å². The van der Waals surface area contributed by atoms with Crippen molar-refractivity contribution < 1.29 is 23.0 Å². The van der Waals surface area contributed by atoms with Crippen molar-refractivity contribution in [2.45, 2.75) is 44.8 Å². The Hall–Kier alpha value is -5.94. The van der Waals surface area contributed by atoms with E-state index in [1.54, 1.807) is 12.3 Å². The van der Waals surface area contributed by atoms with Gasteiger partial charge in [-0.2, -0.15) is 4.57 Å². The van der Waals surface area contributed by atoms with Gasteiger partial charge in [-0.3, -0.25) is 14.5 Å². The van der Waals surface area contributed by atoms with E-state index in [1.165, 1.54) is 17.2 Å². The van der Waals surface area contributed by atoms with E-state index in [0.717, 1.165) is 94.2 Å². The Morgan fingerprint density at radius 3 is 2.37 bits per heavy atom. The second-order valence-electron chi connectivity index (χ2n) is 15.4. The van der Waals surface area contributed by atoms with E-state index in [-0.39, 0.29) is 40.7 Å². The molecule has 10 heteroatoms. The molecule has 2 aromatic heterocycles. The van der Waals surface area contributed by atoms with Crippen molar-refractivity contribution in [3.8, 4) is 11.1 Å². The Bertz CT molecular complexity index is 2760. The smallest absolute Gasteiger partial charge is 0.252 e. The molecular weight excluding hydrogens is 907 g/mol. The summed E-state index contributed by atoms with van der Waals surface area (Å²) in [6.07, 6.45) is 6.98. The molecule has 314 valence electrons. The summed E-state index contributed by atoms with van der Waals surface area (Å²) in [6, 6.07) is 51.0. The maximum Gasteiger partial charge on any atom is 0.252 e. The monoisotopic (exact) mass is 953 g/mol. The number of aryl methyl sites for hydroxylation is 2. The first-order chi connectivity index (χ1) is 29.8. The fourth-order valence-electron chi connectivity index (χ4n) is 7.98. The van der Waals surface area contributed by atoms with E-state index < -0.39 is 0 Å². The summed E-state index contributed by atoms with van der Waals surface area (Å²) in [5.74, 6) is -0.284. The van der Waals surface area contributed by atoms with Crippen molar-refractivity contribution in [3.63, 3.8) is 0 Å². The van der Waals surface area contributed by atoms with E-state index >= 15 is 0 Å². The number of nitrogens with zero attached hydrogens (tertiary/aromatic N) is 2. The maximum atomic E-state index is 13.4. The Morgan fingerprint density at radius 2 is 1.55 bits per heavy atom. The van der Waals surface area contributed by atoms with E-state index in [4.69, 9.17) is 4.42 Å². The van der Waals surface area contributed by atoms with Crippen LogP contribution in [0.15, 0.2) is 179 Å². The zero-order valence-corrected chi connectivity index (χ0v) is 37.5. The lowest BCUT2D eigenvalue weighted by atomic mass is 9.99. The van der Waals surface area contributed by atoms with Crippen LogP contribution in [0.3, 0.4) is 0 Å². The van der Waals surface area contributed by atoms with Gasteiger partial charge in [0.25, 0.3) is 5.91 Å². The van der Waals surface area contributed by atoms with E-state index in [2.05, 4.69) is 72.4 Å². The lowest BCUT2D eigenvalue weighted by Gasteiger charge is -2.18. The van der Waals surface area contributed by atoms with Gasteiger partial charge in [-0.1, -0.05) is 109 Å². The lowest BCUT2D eigenvalue weighted by Crippen LogP contribution is -2.37. The van der Waals surface area contributed by atoms with Crippen LogP contribution < -0.4 is 15.2 Å². The molecule has 0 spiro atoms. The minimum atomic E-state index is -0.211. The fourth-order valence-corrected chi connectivity index (χ4v) is 8.52. The van der Waals surface area contributed by atoms with Gasteiger partial charge in [0.1, 0.15) is 17.9 Å². The zero-order chi connectivity index (χ0) is 42.0. The normalized spacial score (nSPS) is 13.5. The first kappa shape index (κ1) is 44.1. The summed E-state index contributed by atoms with van der Waals surface area (Å²) in [7, 11) is 0. The SMILES string of the molecule is Br.O=C(Cc1cccc2occc12)Nc1cc[n+](CCCc2ccccc2)c(Br)c1.O=C(N[C@@H]1CCN(Cc2ccc3cc(F)ccc3c2)C1)c1ccccc1-c1ccccc1. The van der Waals surface area contributed by atoms with Crippen LogP contribution in [-0.4, -0.2) is 35.8 Å². The van der Waals surface area contributed by atoms with Gasteiger partial charge in [-0.05, 0) is 87.8 Å². The van der Waals surface area contributed by atoms with Crippen LogP contribution in [0.5, 0.6) is 0 Å². The van der Waals surface area contributed by atoms with Crippen LogP contribution in [0.1, 0.15) is 39.9 Å². The van der Waals surface area contributed by atoms with Crippen LogP contribution in [0.2, 0.25) is 0 Å². The van der Waals surface area contributed by atoms with Crippen molar-refractivity contribution in [1.82, 2.24) is 10.2 Å². The predicted molar refractivity (Wildman–Crippen MR) is 255 cm³/mol. The summed E-state index contributed by atoms with van der Waals surface area (Å²) in [4.78, 5) is 27.9. The molecule has 2 amide bonds. The molecule has 62 heavy (non-hydrogen) atoms. The number of rotatable bonds is 12. The lowest BCUT2D eigenvalue weighted by molar-refractivity contribution is -0.707. The number of furan rings is 1. The van der Waals surface area contributed by atoms with Crippen molar-refractivity contribution in [2.75, 3.05) is 18.4 Å². The fraction of sp³-hybridized carbons (Fsp3) is 0.173. The Morgan fingerprint density at radius 1 is 0.790 bits per heavy atom. The summed E-state index contributed by atoms with van der Waals surface area (Å²) >= 11 is 3.62. The van der Waals surface area contributed by atoms with Gasteiger partial charge in [0.05, 0.1) is 18.4 Å². The van der Waals surface area contributed by atoms with Crippen LogP contribution in [0.4, 0.5) is 10.1 Å². The number of likely N-dealkylation sites (tertiary alicyclic amines) is 1. The molecule has 1 fully saturated rings. The summed E-state index contributed by atoms with van der Waals surface area (Å²) in [6.45, 7) is 3.49. The van der Waals surface area contributed by atoms with Crippen LogP contribution >= 0.6 is 32.9 Å². The zero-order valence-electron chi connectivity index (χ0n) is 34.2. The minimum Gasteiger partial charge on any atom is -0.464 e. The van der Waals surface area contributed by atoms with E-state index in [9.17, 15) is 14.0 Å². The van der Waals surface area contributed by atoms with Gasteiger partial charge in [-0.15, -0.1) is 17.0 Å². The molecule has 0 saturated carbocycles. The average molecular weight is 956 g/mol. The van der Waals surface area contributed by atoms with Gasteiger partial charge in [0.2, 0.25) is 10.5 Å². The van der Waals surface area contributed by atoms with Gasteiger partial charge < -0.3 is 15.1 Å². The first-order valence-corrected chi connectivity index (χ1v) is 21.5. The number of amides is 2. The largest absolute Gasteiger partial charge is 0.464 e. The minimum absolute atomic E-state index is 0. The first-order valence-electron chi connectivity index (χ1n) is 20.7. The molecule has 1 aliphatic rings.